The van der Waals surface area contributed by atoms with Gasteiger partial charge in [-0.15, -0.1) is 0 Å². The van der Waals surface area contributed by atoms with Crippen molar-refractivity contribution in [3.05, 3.63) is 51.9 Å². The molecule has 0 saturated heterocycles. The third-order valence-electron chi connectivity index (χ3n) is 5.15. The number of benzene rings is 1. The summed E-state index contributed by atoms with van der Waals surface area (Å²) in [7, 11) is 0. The Kier molecular flexibility index (Phi) is 4.75. The molecule has 0 amide bonds. The van der Waals surface area contributed by atoms with Gasteiger partial charge in [0.2, 0.25) is 0 Å². The van der Waals surface area contributed by atoms with Gasteiger partial charge in [0, 0.05) is 37.3 Å². The van der Waals surface area contributed by atoms with Crippen molar-refractivity contribution in [2.45, 2.75) is 39.1 Å². The van der Waals surface area contributed by atoms with Crippen molar-refractivity contribution < 1.29 is 10.2 Å². The minimum atomic E-state index is -0.916. The van der Waals surface area contributed by atoms with Crippen molar-refractivity contribution in [1.29, 1.82) is 0 Å². The minimum absolute atomic E-state index is 0.310. The Balaban J connectivity index is 1.58. The molecule has 0 unspecified atom stereocenters. The molecule has 26 heavy (non-hydrogen) atoms. The summed E-state index contributed by atoms with van der Waals surface area (Å²) in [6.07, 6.45) is 0.0737. The van der Waals surface area contributed by atoms with E-state index in [4.69, 9.17) is 16.7 Å². The van der Waals surface area contributed by atoms with E-state index < -0.39 is 6.10 Å². The van der Waals surface area contributed by atoms with E-state index in [0.29, 0.717) is 5.69 Å². The molecule has 0 saturated carbocycles. The Labute approximate surface area is 157 Å². The number of aromatic amines is 1. The first-order valence-corrected chi connectivity index (χ1v) is 9.28. The smallest absolute Gasteiger partial charge is 0.121 e. The van der Waals surface area contributed by atoms with Crippen LogP contribution in [-0.2, 0) is 19.6 Å². The van der Waals surface area contributed by atoms with Crippen LogP contribution < -0.4 is 0 Å². The Morgan fingerprint density at radius 1 is 1.35 bits per heavy atom. The van der Waals surface area contributed by atoms with E-state index in [2.05, 4.69) is 28.0 Å². The summed E-state index contributed by atoms with van der Waals surface area (Å²) in [5, 5.41) is 25.3. The molecule has 138 valence electrons. The van der Waals surface area contributed by atoms with Gasteiger partial charge in [0.25, 0.3) is 0 Å². The molecule has 3 heterocycles. The Morgan fingerprint density at radius 2 is 2.19 bits per heavy atom. The molecule has 0 spiro atoms. The SMILES string of the molecule is Cc1c(CN2CCCn3nc([C@H](O)CO)cc3C2)[nH]c2c(Cl)cccc12. The van der Waals surface area contributed by atoms with Crippen LogP contribution in [0.5, 0.6) is 0 Å². The number of hydrogen-bond acceptors (Lipinski definition) is 4. The van der Waals surface area contributed by atoms with Gasteiger partial charge in [0.15, 0.2) is 0 Å². The molecule has 0 bridgehead atoms. The number of aromatic nitrogens is 3. The first-order valence-electron chi connectivity index (χ1n) is 8.90. The number of rotatable bonds is 4. The lowest BCUT2D eigenvalue weighted by Gasteiger charge is -2.19. The Morgan fingerprint density at radius 3 is 2.96 bits per heavy atom. The van der Waals surface area contributed by atoms with Crippen LogP contribution in [0, 0.1) is 6.92 Å². The molecule has 1 aliphatic rings. The van der Waals surface area contributed by atoms with Gasteiger partial charge in [-0.3, -0.25) is 9.58 Å². The number of hydrogen-bond donors (Lipinski definition) is 3. The summed E-state index contributed by atoms with van der Waals surface area (Å²) >= 11 is 6.32. The second-order valence-electron chi connectivity index (χ2n) is 6.94. The van der Waals surface area contributed by atoms with Crippen molar-refractivity contribution in [3.8, 4) is 0 Å². The maximum Gasteiger partial charge on any atom is 0.121 e. The lowest BCUT2D eigenvalue weighted by Crippen LogP contribution is -2.23. The molecule has 3 aromatic rings. The fourth-order valence-corrected chi connectivity index (χ4v) is 3.92. The Bertz CT molecular complexity index is 933. The molecule has 1 atom stereocenters. The third kappa shape index (κ3) is 3.14. The number of halogens is 1. The zero-order valence-corrected chi connectivity index (χ0v) is 15.5. The number of H-pyrrole nitrogens is 1. The number of fused-ring (bicyclic) bond motifs is 2. The van der Waals surface area contributed by atoms with Crippen molar-refractivity contribution in [3.63, 3.8) is 0 Å². The topological polar surface area (TPSA) is 77.3 Å². The fourth-order valence-electron chi connectivity index (χ4n) is 3.69. The van der Waals surface area contributed by atoms with Gasteiger partial charge in [0.1, 0.15) is 6.10 Å². The molecular weight excluding hydrogens is 352 g/mol. The molecule has 4 rings (SSSR count). The van der Waals surface area contributed by atoms with Crippen LogP contribution in [0.25, 0.3) is 10.9 Å². The standard InChI is InChI=1S/C19H23ClN4O2/c1-12-14-4-2-5-15(20)19(14)21-17(12)10-23-6-3-7-24-13(9-23)8-16(22-24)18(26)11-25/h2,4-5,8,18,21,25-26H,3,6-7,9-11H2,1H3/t18-/m1/s1. The van der Waals surface area contributed by atoms with E-state index in [1.807, 2.05) is 22.9 Å². The highest BCUT2D eigenvalue weighted by Crippen LogP contribution is 2.29. The summed E-state index contributed by atoms with van der Waals surface area (Å²) in [5.41, 5.74) is 5.01. The summed E-state index contributed by atoms with van der Waals surface area (Å²) < 4.78 is 1.95. The van der Waals surface area contributed by atoms with Crippen LogP contribution in [0.3, 0.4) is 0 Å². The van der Waals surface area contributed by atoms with Gasteiger partial charge in [0.05, 0.1) is 28.5 Å². The predicted octanol–water partition coefficient (Wildman–Crippen LogP) is 2.76. The van der Waals surface area contributed by atoms with E-state index in [-0.39, 0.29) is 6.61 Å². The van der Waals surface area contributed by atoms with Crippen molar-refractivity contribution in [2.75, 3.05) is 13.2 Å². The number of aliphatic hydroxyl groups excluding tert-OH is 2. The summed E-state index contributed by atoms with van der Waals surface area (Å²) in [6, 6.07) is 7.88. The van der Waals surface area contributed by atoms with E-state index in [0.717, 1.165) is 48.8 Å². The van der Waals surface area contributed by atoms with Crippen LogP contribution in [0.1, 0.15) is 35.2 Å². The lowest BCUT2D eigenvalue weighted by molar-refractivity contribution is 0.0916. The van der Waals surface area contributed by atoms with E-state index >= 15 is 0 Å². The van der Waals surface area contributed by atoms with Gasteiger partial charge >= 0.3 is 0 Å². The van der Waals surface area contributed by atoms with Crippen LogP contribution in [0.2, 0.25) is 5.02 Å². The average Bonchev–Trinajstić information content (AvgIpc) is 3.11. The second kappa shape index (κ2) is 7.04. The molecule has 3 N–H and O–H groups in total. The number of nitrogens with one attached hydrogen (secondary N) is 1. The summed E-state index contributed by atoms with van der Waals surface area (Å²) in [5.74, 6) is 0. The van der Waals surface area contributed by atoms with Gasteiger partial charge in [-0.05, 0) is 31.0 Å². The largest absolute Gasteiger partial charge is 0.393 e. The quantitative estimate of drug-likeness (QED) is 0.656. The monoisotopic (exact) mass is 374 g/mol. The third-order valence-corrected chi connectivity index (χ3v) is 5.47. The van der Waals surface area contributed by atoms with Crippen molar-refractivity contribution in [2.24, 2.45) is 0 Å². The summed E-state index contributed by atoms with van der Waals surface area (Å²) in [4.78, 5) is 5.86. The molecule has 0 fully saturated rings. The zero-order chi connectivity index (χ0) is 18.3. The van der Waals surface area contributed by atoms with Gasteiger partial charge in [-0.25, -0.2) is 0 Å². The number of aryl methyl sites for hydroxylation is 2. The molecule has 7 heteroatoms. The highest BCUT2D eigenvalue weighted by molar-refractivity contribution is 6.35. The van der Waals surface area contributed by atoms with Crippen LogP contribution >= 0.6 is 11.6 Å². The molecular formula is C19H23ClN4O2. The number of aliphatic hydroxyl groups is 2. The number of para-hydroxylation sites is 1. The fraction of sp³-hybridized carbons (Fsp3) is 0.421. The van der Waals surface area contributed by atoms with Gasteiger partial charge < -0.3 is 15.2 Å². The van der Waals surface area contributed by atoms with E-state index in [1.165, 1.54) is 16.6 Å². The zero-order valence-electron chi connectivity index (χ0n) is 14.7. The van der Waals surface area contributed by atoms with E-state index in [1.54, 1.807) is 0 Å². The van der Waals surface area contributed by atoms with Gasteiger partial charge in [-0.2, -0.15) is 5.10 Å². The van der Waals surface area contributed by atoms with Crippen LogP contribution in [0.4, 0.5) is 0 Å². The molecule has 6 nitrogen and oxygen atoms in total. The minimum Gasteiger partial charge on any atom is -0.393 e. The van der Waals surface area contributed by atoms with E-state index in [9.17, 15) is 5.11 Å². The molecule has 0 radical (unpaired) electrons. The highest BCUT2D eigenvalue weighted by atomic mass is 35.5. The van der Waals surface area contributed by atoms with Gasteiger partial charge in [-0.1, -0.05) is 23.7 Å². The highest BCUT2D eigenvalue weighted by Gasteiger charge is 2.21. The maximum atomic E-state index is 9.84. The Hall–Kier alpha value is -1.86. The second-order valence-corrected chi connectivity index (χ2v) is 7.34. The van der Waals surface area contributed by atoms with Crippen LogP contribution in [0.15, 0.2) is 24.3 Å². The molecule has 1 aliphatic heterocycles. The average molecular weight is 375 g/mol. The van der Waals surface area contributed by atoms with Crippen molar-refractivity contribution >= 4 is 22.5 Å². The predicted molar refractivity (Wildman–Crippen MR) is 101 cm³/mol. The molecule has 1 aromatic carbocycles. The lowest BCUT2D eigenvalue weighted by atomic mass is 10.1. The van der Waals surface area contributed by atoms with Crippen molar-refractivity contribution in [1.82, 2.24) is 19.7 Å². The number of nitrogens with zero attached hydrogens (tertiary/aromatic N) is 3. The molecule has 2 aromatic heterocycles. The maximum absolute atomic E-state index is 9.84. The normalized spacial score (nSPS) is 16.6. The first-order chi connectivity index (χ1) is 12.6. The summed E-state index contributed by atoms with van der Waals surface area (Å²) in [6.45, 7) is 5.18. The molecule has 0 aliphatic carbocycles. The van der Waals surface area contributed by atoms with Crippen LogP contribution in [-0.4, -0.2) is 43.0 Å². The first kappa shape index (κ1) is 17.5.